The van der Waals surface area contributed by atoms with Crippen LogP contribution >= 0.6 is 11.8 Å². The molecule has 0 aliphatic carbocycles. The second kappa shape index (κ2) is 3.28. The van der Waals surface area contributed by atoms with E-state index in [4.69, 9.17) is 0 Å². The Morgan fingerprint density at radius 3 is 2.22 bits per heavy atom. The lowest BCUT2D eigenvalue weighted by Gasteiger charge is -2.18. The molecule has 0 aliphatic rings. The van der Waals surface area contributed by atoms with Crippen molar-refractivity contribution in [1.82, 2.24) is 0 Å². The van der Waals surface area contributed by atoms with Gasteiger partial charge in [0.05, 0.1) is 5.60 Å². The zero-order chi connectivity index (χ0) is 7.49. The molecule has 0 aliphatic heterocycles. The SMILES string of the molecule is C=C(SCC)C(C)(C)O. The Balaban J connectivity index is 3.74. The second-order valence-electron chi connectivity index (χ2n) is 2.42. The summed E-state index contributed by atoms with van der Waals surface area (Å²) in [5.41, 5.74) is -0.722. The molecule has 54 valence electrons. The van der Waals surface area contributed by atoms with Crippen LogP contribution in [0.4, 0.5) is 0 Å². The van der Waals surface area contributed by atoms with Crippen LogP contribution in [-0.2, 0) is 0 Å². The standard InChI is InChI=1S/C7H14OS/c1-5-9-6(2)7(3,4)8/h8H,2,5H2,1,3-4H3. The van der Waals surface area contributed by atoms with Crippen LogP contribution in [0.15, 0.2) is 11.5 Å². The Hall–Kier alpha value is 0.0500. The van der Waals surface area contributed by atoms with Crippen molar-refractivity contribution in [3.8, 4) is 0 Å². The molecule has 0 heterocycles. The molecular formula is C7H14OS. The van der Waals surface area contributed by atoms with Crippen LogP contribution in [0.25, 0.3) is 0 Å². The molecule has 2 heteroatoms. The molecule has 0 amide bonds. The average molecular weight is 146 g/mol. The van der Waals surface area contributed by atoms with Gasteiger partial charge in [-0.05, 0) is 19.6 Å². The Morgan fingerprint density at radius 2 is 2.11 bits per heavy atom. The van der Waals surface area contributed by atoms with Gasteiger partial charge in [-0.25, -0.2) is 0 Å². The molecule has 0 aromatic rings. The summed E-state index contributed by atoms with van der Waals surface area (Å²) in [7, 11) is 0. The molecule has 0 aromatic heterocycles. The summed E-state index contributed by atoms with van der Waals surface area (Å²) in [4.78, 5) is 0.838. The first kappa shape index (κ1) is 9.05. The summed E-state index contributed by atoms with van der Waals surface area (Å²) >= 11 is 1.59. The van der Waals surface area contributed by atoms with E-state index in [0.717, 1.165) is 10.7 Å². The highest BCUT2D eigenvalue weighted by Gasteiger charge is 2.16. The monoisotopic (exact) mass is 146 g/mol. The van der Waals surface area contributed by atoms with Gasteiger partial charge in [0, 0.05) is 4.91 Å². The summed E-state index contributed by atoms with van der Waals surface area (Å²) in [6.45, 7) is 9.27. The van der Waals surface area contributed by atoms with E-state index in [9.17, 15) is 5.11 Å². The molecule has 0 fully saturated rings. The van der Waals surface area contributed by atoms with Crippen molar-refractivity contribution in [2.75, 3.05) is 5.75 Å². The van der Waals surface area contributed by atoms with E-state index in [1.807, 2.05) is 6.92 Å². The molecule has 0 bridgehead atoms. The van der Waals surface area contributed by atoms with Crippen molar-refractivity contribution >= 4 is 11.8 Å². The summed E-state index contributed by atoms with van der Waals surface area (Å²) in [6.07, 6.45) is 0. The Bertz CT molecular complexity index is 102. The van der Waals surface area contributed by atoms with Crippen LogP contribution in [0.1, 0.15) is 20.8 Å². The quantitative estimate of drug-likeness (QED) is 0.657. The first-order valence-corrected chi connectivity index (χ1v) is 4.01. The molecule has 0 saturated carbocycles. The minimum atomic E-state index is -0.722. The number of aliphatic hydroxyl groups is 1. The van der Waals surface area contributed by atoms with E-state index in [2.05, 4.69) is 6.58 Å². The van der Waals surface area contributed by atoms with Crippen LogP contribution in [0, 0.1) is 0 Å². The smallest absolute Gasteiger partial charge is 0.0892 e. The van der Waals surface area contributed by atoms with Crippen molar-refractivity contribution in [3.05, 3.63) is 11.5 Å². The largest absolute Gasteiger partial charge is 0.385 e. The second-order valence-corrected chi connectivity index (χ2v) is 3.77. The Morgan fingerprint density at radius 1 is 1.67 bits per heavy atom. The minimum Gasteiger partial charge on any atom is -0.385 e. The topological polar surface area (TPSA) is 20.2 Å². The summed E-state index contributed by atoms with van der Waals surface area (Å²) in [5, 5.41) is 9.30. The maximum Gasteiger partial charge on any atom is 0.0892 e. The maximum atomic E-state index is 9.30. The van der Waals surface area contributed by atoms with Gasteiger partial charge in [-0.3, -0.25) is 0 Å². The van der Waals surface area contributed by atoms with E-state index in [0.29, 0.717) is 0 Å². The van der Waals surface area contributed by atoms with Gasteiger partial charge in [0.25, 0.3) is 0 Å². The normalized spacial score (nSPS) is 11.6. The third kappa shape index (κ3) is 3.60. The van der Waals surface area contributed by atoms with Gasteiger partial charge in [0.2, 0.25) is 0 Å². The van der Waals surface area contributed by atoms with Crippen molar-refractivity contribution in [3.63, 3.8) is 0 Å². The van der Waals surface area contributed by atoms with Crippen molar-refractivity contribution < 1.29 is 5.11 Å². The highest BCUT2D eigenvalue weighted by molar-refractivity contribution is 8.03. The third-order valence-electron chi connectivity index (χ3n) is 1.00. The minimum absolute atomic E-state index is 0.722. The molecule has 0 aromatic carbocycles. The highest BCUT2D eigenvalue weighted by Crippen LogP contribution is 2.24. The molecule has 0 rings (SSSR count). The summed E-state index contributed by atoms with van der Waals surface area (Å²) in [5.74, 6) is 0.975. The van der Waals surface area contributed by atoms with Crippen molar-refractivity contribution in [2.45, 2.75) is 26.4 Å². The zero-order valence-electron chi connectivity index (χ0n) is 6.27. The molecule has 0 saturated heterocycles. The van der Waals surface area contributed by atoms with E-state index < -0.39 is 5.60 Å². The first-order chi connectivity index (χ1) is 3.98. The van der Waals surface area contributed by atoms with Gasteiger partial charge in [0.1, 0.15) is 0 Å². The van der Waals surface area contributed by atoms with Crippen LogP contribution in [-0.4, -0.2) is 16.5 Å². The molecule has 0 radical (unpaired) electrons. The van der Waals surface area contributed by atoms with E-state index in [-0.39, 0.29) is 0 Å². The first-order valence-electron chi connectivity index (χ1n) is 3.03. The van der Waals surface area contributed by atoms with Crippen molar-refractivity contribution in [1.29, 1.82) is 0 Å². The fourth-order valence-electron chi connectivity index (χ4n) is 0.351. The van der Waals surface area contributed by atoms with Crippen molar-refractivity contribution in [2.24, 2.45) is 0 Å². The number of thioether (sulfide) groups is 1. The number of rotatable bonds is 3. The fourth-order valence-corrected chi connectivity index (χ4v) is 1.05. The average Bonchev–Trinajstić information content (AvgIpc) is 1.64. The lowest BCUT2D eigenvalue weighted by atomic mass is 10.1. The molecule has 0 unspecified atom stereocenters. The predicted octanol–water partition coefficient (Wildman–Crippen LogP) is 2.02. The fraction of sp³-hybridized carbons (Fsp3) is 0.714. The van der Waals surface area contributed by atoms with Crippen LogP contribution in [0.2, 0.25) is 0 Å². The zero-order valence-corrected chi connectivity index (χ0v) is 7.09. The van der Waals surface area contributed by atoms with Crippen LogP contribution in [0.3, 0.4) is 0 Å². The van der Waals surface area contributed by atoms with Gasteiger partial charge in [-0.2, -0.15) is 0 Å². The van der Waals surface area contributed by atoms with E-state index in [1.165, 1.54) is 0 Å². The van der Waals surface area contributed by atoms with Crippen LogP contribution < -0.4 is 0 Å². The lowest BCUT2D eigenvalue weighted by Crippen LogP contribution is -2.19. The number of hydrogen-bond acceptors (Lipinski definition) is 2. The number of hydrogen-bond donors (Lipinski definition) is 1. The molecule has 1 N–H and O–H groups in total. The molecule has 0 spiro atoms. The Labute approximate surface area is 61.2 Å². The summed E-state index contributed by atoms with van der Waals surface area (Å²) in [6, 6.07) is 0. The Kier molecular flexibility index (Phi) is 3.30. The van der Waals surface area contributed by atoms with Gasteiger partial charge in [-0.15, -0.1) is 11.8 Å². The third-order valence-corrected chi connectivity index (χ3v) is 2.14. The lowest BCUT2D eigenvalue weighted by molar-refractivity contribution is 0.129. The van der Waals surface area contributed by atoms with Crippen LogP contribution in [0.5, 0.6) is 0 Å². The molecule has 0 atom stereocenters. The van der Waals surface area contributed by atoms with Gasteiger partial charge >= 0.3 is 0 Å². The molecule has 9 heavy (non-hydrogen) atoms. The predicted molar refractivity (Wildman–Crippen MR) is 43.6 cm³/mol. The van der Waals surface area contributed by atoms with E-state index >= 15 is 0 Å². The molecular weight excluding hydrogens is 132 g/mol. The maximum absolute atomic E-state index is 9.30. The van der Waals surface area contributed by atoms with E-state index in [1.54, 1.807) is 25.6 Å². The van der Waals surface area contributed by atoms with Gasteiger partial charge in [0.15, 0.2) is 0 Å². The molecule has 1 nitrogen and oxygen atoms in total. The highest BCUT2D eigenvalue weighted by atomic mass is 32.2. The van der Waals surface area contributed by atoms with Gasteiger partial charge < -0.3 is 5.11 Å². The summed E-state index contributed by atoms with van der Waals surface area (Å²) < 4.78 is 0. The van der Waals surface area contributed by atoms with Gasteiger partial charge in [-0.1, -0.05) is 13.5 Å².